The van der Waals surface area contributed by atoms with Crippen molar-refractivity contribution in [3.8, 4) is 0 Å². The first-order chi connectivity index (χ1) is 17.1. The van der Waals surface area contributed by atoms with Crippen LogP contribution >= 0.6 is 11.3 Å². The highest BCUT2D eigenvalue weighted by Crippen LogP contribution is 2.37. The number of anilines is 1. The molecule has 0 unspecified atom stereocenters. The van der Waals surface area contributed by atoms with Gasteiger partial charge < -0.3 is 10.1 Å². The van der Waals surface area contributed by atoms with Gasteiger partial charge >= 0.3 is 5.97 Å². The van der Waals surface area contributed by atoms with Gasteiger partial charge in [0.05, 0.1) is 12.2 Å². The lowest BCUT2D eigenvalue weighted by atomic mass is 9.99. The van der Waals surface area contributed by atoms with Gasteiger partial charge in [-0.15, -0.1) is 11.3 Å². The molecule has 0 radical (unpaired) electrons. The third-order valence-corrected chi connectivity index (χ3v) is 6.87. The number of thiophene rings is 1. The van der Waals surface area contributed by atoms with Crippen LogP contribution in [0, 0.1) is 0 Å². The van der Waals surface area contributed by atoms with Gasteiger partial charge in [-0.05, 0) is 35.8 Å². The molecule has 0 fully saturated rings. The molecule has 1 N–H and O–H groups in total. The Bertz CT molecular complexity index is 1310. The molecule has 0 aliphatic carbocycles. The first-order valence-electron chi connectivity index (χ1n) is 11.6. The predicted octanol–water partition coefficient (Wildman–Crippen LogP) is 7.26. The quantitative estimate of drug-likeness (QED) is 0.164. The van der Waals surface area contributed by atoms with Gasteiger partial charge in [-0.25, -0.2) is 4.79 Å². The van der Waals surface area contributed by atoms with Crippen molar-refractivity contribution in [3.05, 3.63) is 124 Å². The standard InChI is InChI=1S/C30H27NO3S/c1-3-34-30(33)26-20-27(21(2)23-15-9-5-10-16-23)35-29(26)31-28(32)25(24-17-11-6-12-18-24)19-22-13-7-4-8-14-22/h4-21H,3H2,1-2H3,(H,31,32)/b25-19+/t21-/m1/s1. The lowest BCUT2D eigenvalue weighted by molar-refractivity contribution is -0.111. The third kappa shape index (κ3) is 5.94. The second-order valence-corrected chi connectivity index (χ2v) is 9.12. The molecule has 3 aromatic carbocycles. The van der Waals surface area contributed by atoms with Gasteiger partial charge in [0.2, 0.25) is 0 Å². The summed E-state index contributed by atoms with van der Waals surface area (Å²) in [7, 11) is 0. The number of hydrogen-bond acceptors (Lipinski definition) is 4. The fourth-order valence-corrected chi connectivity index (χ4v) is 4.89. The summed E-state index contributed by atoms with van der Waals surface area (Å²) in [6, 6.07) is 31.1. The summed E-state index contributed by atoms with van der Waals surface area (Å²) in [6.07, 6.45) is 1.86. The van der Waals surface area contributed by atoms with Gasteiger partial charge in [-0.2, -0.15) is 0 Å². The van der Waals surface area contributed by atoms with Crippen LogP contribution in [0.2, 0.25) is 0 Å². The fourth-order valence-electron chi connectivity index (χ4n) is 3.77. The number of ether oxygens (including phenoxy) is 1. The van der Waals surface area contributed by atoms with Gasteiger partial charge in [-0.3, -0.25) is 4.79 Å². The molecule has 4 rings (SSSR count). The van der Waals surface area contributed by atoms with Crippen molar-refractivity contribution in [3.63, 3.8) is 0 Å². The van der Waals surface area contributed by atoms with Crippen LogP contribution in [0.15, 0.2) is 97.1 Å². The van der Waals surface area contributed by atoms with Crippen molar-refractivity contribution in [1.82, 2.24) is 0 Å². The first-order valence-corrected chi connectivity index (χ1v) is 12.4. The number of nitrogens with one attached hydrogen (secondary N) is 1. The summed E-state index contributed by atoms with van der Waals surface area (Å²) in [5, 5.41) is 3.49. The molecule has 176 valence electrons. The van der Waals surface area contributed by atoms with Crippen LogP contribution in [0.3, 0.4) is 0 Å². The first kappa shape index (κ1) is 24.2. The number of carbonyl (C=O) groups is 2. The zero-order chi connectivity index (χ0) is 24.6. The Hall–Kier alpha value is -3.96. The zero-order valence-electron chi connectivity index (χ0n) is 19.7. The van der Waals surface area contributed by atoms with E-state index in [1.54, 1.807) is 6.92 Å². The fraction of sp³-hybridized carbons (Fsp3) is 0.133. The normalized spacial score (nSPS) is 12.1. The molecule has 0 saturated carbocycles. The van der Waals surface area contributed by atoms with E-state index in [4.69, 9.17) is 4.74 Å². The van der Waals surface area contributed by atoms with E-state index in [0.717, 1.165) is 21.6 Å². The molecule has 0 aliphatic rings. The third-order valence-electron chi connectivity index (χ3n) is 5.64. The van der Waals surface area contributed by atoms with Crippen molar-refractivity contribution < 1.29 is 14.3 Å². The van der Waals surface area contributed by atoms with E-state index >= 15 is 0 Å². The summed E-state index contributed by atoms with van der Waals surface area (Å²) in [4.78, 5) is 27.3. The molecule has 0 spiro atoms. The lowest BCUT2D eigenvalue weighted by Gasteiger charge is -2.11. The van der Waals surface area contributed by atoms with E-state index in [-0.39, 0.29) is 18.4 Å². The molecular formula is C30H27NO3S. The monoisotopic (exact) mass is 481 g/mol. The molecule has 1 heterocycles. The van der Waals surface area contributed by atoms with Crippen molar-refractivity contribution >= 4 is 39.9 Å². The smallest absolute Gasteiger partial charge is 0.341 e. The Labute approximate surface area is 209 Å². The van der Waals surface area contributed by atoms with E-state index in [0.29, 0.717) is 16.1 Å². The molecule has 1 aromatic heterocycles. The Morgan fingerprint density at radius 2 is 1.51 bits per heavy atom. The molecule has 35 heavy (non-hydrogen) atoms. The highest BCUT2D eigenvalue weighted by molar-refractivity contribution is 7.16. The summed E-state index contributed by atoms with van der Waals surface area (Å²) < 4.78 is 5.29. The Morgan fingerprint density at radius 1 is 0.914 bits per heavy atom. The second kappa shape index (κ2) is 11.4. The minimum atomic E-state index is -0.445. The minimum absolute atomic E-state index is 0.0634. The average Bonchev–Trinajstić information content (AvgIpc) is 3.32. The van der Waals surface area contributed by atoms with Crippen LogP contribution in [0.1, 0.15) is 51.7 Å². The van der Waals surface area contributed by atoms with Crippen LogP contribution in [0.5, 0.6) is 0 Å². The maximum Gasteiger partial charge on any atom is 0.341 e. The minimum Gasteiger partial charge on any atom is -0.462 e. The SMILES string of the molecule is CCOC(=O)c1cc([C@H](C)c2ccccc2)sc1NC(=O)/C(=C/c1ccccc1)c1ccccc1. The van der Waals surface area contributed by atoms with Gasteiger partial charge in [0.1, 0.15) is 5.00 Å². The Kier molecular flexibility index (Phi) is 7.91. The van der Waals surface area contributed by atoms with Crippen LogP contribution in [0.4, 0.5) is 5.00 Å². The summed E-state index contributed by atoms with van der Waals surface area (Å²) >= 11 is 1.40. The van der Waals surface area contributed by atoms with Gasteiger partial charge in [-0.1, -0.05) is 97.9 Å². The number of rotatable bonds is 8. The average molecular weight is 482 g/mol. The summed E-state index contributed by atoms with van der Waals surface area (Å²) in [6.45, 7) is 4.12. The van der Waals surface area contributed by atoms with E-state index in [2.05, 4.69) is 24.4 Å². The molecule has 4 aromatic rings. The van der Waals surface area contributed by atoms with Crippen molar-refractivity contribution in [2.75, 3.05) is 11.9 Å². The van der Waals surface area contributed by atoms with Crippen molar-refractivity contribution in [1.29, 1.82) is 0 Å². The van der Waals surface area contributed by atoms with Crippen LogP contribution < -0.4 is 5.32 Å². The predicted molar refractivity (Wildman–Crippen MR) is 144 cm³/mol. The Morgan fingerprint density at radius 3 is 2.14 bits per heavy atom. The van der Waals surface area contributed by atoms with Gasteiger partial charge in [0.25, 0.3) is 5.91 Å². The second-order valence-electron chi connectivity index (χ2n) is 8.03. The molecular weight excluding hydrogens is 454 g/mol. The lowest BCUT2D eigenvalue weighted by Crippen LogP contribution is -2.15. The summed E-state index contributed by atoms with van der Waals surface area (Å²) in [5.41, 5.74) is 3.72. The Balaban J connectivity index is 1.71. The molecule has 0 bridgehead atoms. The van der Waals surface area contributed by atoms with Crippen LogP contribution in [0.25, 0.3) is 11.6 Å². The number of amides is 1. The van der Waals surface area contributed by atoms with Crippen LogP contribution in [-0.4, -0.2) is 18.5 Å². The topological polar surface area (TPSA) is 55.4 Å². The van der Waals surface area contributed by atoms with E-state index in [1.807, 2.05) is 91.0 Å². The highest BCUT2D eigenvalue weighted by atomic mass is 32.1. The summed E-state index contributed by atoms with van der Waals surface area (Å²) in [5.74, 6) is -0.668. The number of esters is 1. The number of carbonyl (C=O) groups excluding carboxylic acids is 2. The molecule has 0 saturated heterocycles. The largest absolute Gasteiger partial charge is 0.462 e. The van der Waals surface area contributed by atoms with Crippen molar-refractivity contribution in [2.45, 2.75) is 19.8 Å². The molecule has 1 atom stereocenters. The molecule has 4 nitrogen and oxygen atoms in total. The van der Waals surface area contributed by atoms with E-state index in [9.17, 15) is 9.59 Å². The molecule has 0 aliphatic heterocycles. The van der Waals surface area contributed by atoms with Gasteiger partial charge in [0.15, 0.2) is 0 Å². The molecule has 1 amide bonds. The van der Waals surface area contributed by atoms with E-state index < -0.39 is 5.97 Å². The highest BCUT2D eigenvalue weighted by Gasteiger charge is 2.23. The van der Waals surface area contributed by atoms with Crippen LogP contribution in [-0.2, 0) is 9.53 Å². The van der Waals surface area contributed by atoms with E-state index in [1.165, 1.54) is 11.3 Å². The molecule has 5 heteroatoms. The number of benzene rings is 3. The zero-order valence-corrected chi connectivity index (χ0v) is 20.5. The van der Waals surface area contributed by atoms with Gasteiger partial charge in [0, 0.05) is 16.4 Å². The number of hydrogen-bond donors (Lipinski definition) is 1. The maximum atomic E-state index is 13.6. The van der Waals surface area contributed by atoms with Crippen molar-refractivity contribution in [2.24, 2.45) is 0 Å². The maximum absolute atomic E-state index is 13.6.